The number of nitrogens with one attached hydrogen (secondary N) is 7. The van der Waals surface area contributed by atoms with E-state index in [9.17, 15) is 56.7 Å². The molecule has 0 aromatic heterocycles. The summed E-state index contributed by atoms with van der Waals surface area (Å²) in [4.78, 5) is 123. The summed E-state index contributed by atoms with van der Waals surface area (Å²) in [5, 5.41) is 16.4. The van der Waals surface area contributed by atoms with Crippen molar-refractivity contribution in [1.29, 1.82) is 0 Å². The van der Waals surface area contributed by atoms with Gasteiger partial charge in [0.15, 0.2) is 0 Å². The molecule has 0 aliphatic heterocycles. The Kier molecular flexibility index (Phi) is 22.2. The minimum absolute atomic E-state index is 0.0234. The predicted molar refractivity (Wildman–Crippen MR) is 204 cm³/mol. The summed E-state index contributed by atoms with van der Waals surface area (Å²) in [6, 6.07) is -2.69. The molecule has 316 valence electrons. The van der Waals surface area contributed by atoms with Gasteiger partial charge in [-0.25, -0.2) is 8.78 Å². The summed E-state index contributed by atoms with van der Waals surface area (Å²) >= 11 is 1.91. The largest absolute Gasteiger partial charge is 0.369 e. The van der Waals surface area contributed by atoms with Gasteiger partial charge in [-0.15, -0.1) is 23.5 Å². The smallest absolute Gasteiger partial charge is 0.243 e. The molecular weight excluding hydrogens is 799 g/mol. The number of rotatable bonds is 26. The third kappa shape index (κ3) is 20.8. The van der Waals surface area contributed by atoms with Crippen LogP contribution in [0.5, 0.6) is 0 Å². The summed E-state index contributed by atoms with van der Waals surface area (Å²) < 4.78 is 27.9. The molecule has 0 heterocycles. The molecule has 0 aliphatic rings. The van der Waals surface area contributed by atoms with Crippen LogP contribution in [0, 0.1) is 17.6 Å². The van der Waals surface area contributed by atoms with Crippen LogP contribution in [0.1, 0.15) is 32.8 Å². The first-order valence-electron chi connectivity index (χ1n) is 17.2. The quantitative estimate of drug-likeness (QED) is 0.0424. The first-order valence-corrected chi connectivity index (χ1v) is 19.5. The second-order valence-corrected chi connectivity index (χ2v) is 14.5. The lowest BCUT2D eigenvalue weighted by Crippen LogP contribution is -2.56. The van der Waals surface area contributed by atoms with Crippen molar-refractivity contribution in [3.05, 3.63) is 35.4 Å². The highest BCUT2D eigenvalue weighted by Gasteiger charge is 2.29. The Hall–Kier alpha value is -5.52. The summed E-state index contributed by atoms with van der Waals surface area (Å²) in [6.07, 6.45) is -0.0928. The van der Waals surface area contributed by atoms with Crippen LogP contribution in [0.3, 0.4) is 0 Å². The molecule has 0 bridgehead atoms. The highest BCUT2D eigenvalue weighted by atomic mass is 32.2. The molecule has 24 heteroatoms. The van der Waals surface area contributed by atoms with Crippen molar-refractivity contribution in [2.24, 2.45) is 23.1 Å². The fourth-order valence-corrected chi connectivity index (χ4v) is 6.22. The molecule has 0 saturated carbocycles. The van der Waals surface area contributed by atoms with Crippen molar-refractivity contribution in [3.8, 4) is 0 Å². The van der Waals surface area contributed by atoms with Crippen LogP contribution in [-0.4, -0.2) is 126 Å². The number of hydrogen-bond donors (Lipinski definition) is 10. The Balaban J connectivity index is 2.96. The molecule has 10 amide bonds. The van der Waals surface area contributed by atoms with Gasteiger partial charge < -0.3 is 54.4 Å². The average Bonchev–Trinajstić information content (AvgIpc) is 3.11. The van der Waals surface area contributed by atoms with Crippen LogP contribution in [0.4, 0.5) is 8.78 Å². The number of benzene rings is 1. The zero-order valence-electron chi connectivity index (χ0n) is 31.4. The van der Waals surface area contributed by atoms with Crippen molar-refractivity contribution in [2.75, 3.05) is 42.6 Å². The van der Waals surface area contributed by atoms with Crippen LogP contribution in [-0.2, 0) is 54.4 Å². The number of primary amides is 3. The molecule has 1 rings (SSSR count). The normalized spacial score (nSPS) is 13.3. The summed E-state index contributed by atoms with van der Waals surface area (Å²) in [5.41, 5.74) is 15.4. The minimum atomic E-state index is -1.55. The molecule has 57 heavy (non-hydrogen) atoms. The van der Waals surface area contributed by atoms with Crippen molar-refractivity contribution >= 4 is 82.6 Å². The van der Waals surface area contributed by atoms with Gasteiger partial charge in [0.2, 0.25) is 59.1 Å². The van der Waals surface area contributed by atoms with Crippen molar-refractivity contribution in [1.82, 2.24) is 37.2 Å². The molecule has 13 N–H and O–H groups in total. The molecule has 0 aliphatic carbocycles. The Morgan fingerprint density at radius 3 is 1.53 bits per heavy atom. The zero-order valence-corrected chi connectivity index (χ0v) is 33.0. The highest BCUT2D eigenvalue weighted by Crippen LogP contribution is 2.11. The van der Waals surface area contributed by atoms with Crippen molar-refractivity contribution in [3.63, 3.8) is 0 Å². The van der Waals surface area contributed by atoms with Crippen LogP contribution in [0.2, 0.25) is 0 Å². The van der Waals surface area contributed by atoms with Gasteiger partial charge in [-0.2, -0.15) is 0 Å². The summed E-state index contributed by atoms with van der Waals surface area (Å²) in [6.45, 7) is 2.44. The van der Waals surface area contributed by atoms with E-state index in [2.05, 4.69) is 37.2 Å². The Labute approximate surface area is 334 Å². The summed E-state index contributed by atoms with van der Waals surface area (Å²) in [7, 11) is 0. The van der Waals surface area contributed by atoms with E-state index in [1.807, 2.05) is 0 Å². The van der Waals surface area contributed by atoms with Gasteiger partial charge in [0, 0.05) is 30.9 Å². The highest BCUT2D eigenvalue weighted by molar-refractivity contribution is 8.00. The first kappa shape index (κ1) is 49.5. The number of amides is 10. The van der Waals surface area contributed by atoms with E-state index < -0.39 is 127 Å². The lowest BCUT2D eigenvalue weighted by molar-refractivity contribution is -0.133. The average molecular weight is 847 g/mol. The standard InChI is InChI=1S/C33H48F2N10O10S2/c1-4-16(2)29(45-28(51)11-40-32(54)23(42-17(3)46)13-57-15-25(37)48)33(55)41-10-26(49)43-21(7-18-5-19(34)8-20(35)6-18)31(53)39-9-27(50)44-22(30(38)52)12-56-14-24(36)47/h5-6,8,16,21-23,29H,4,7,9-15H2,1-3H3,(H2,36,47)(H2,37,48)(H2,38,52)(H,39,53)(H,40,54)(H,41,55)(H,42,46)(H,43,49)(H,44,50)(H,45,51)/t16-,21-,22-,23-,29-/m0/s1. The lowest BCUT2D eigenvalue weighted by atomic mass is 9.98. The molecule has 0 fully saturated rings. The third-order valence-electron chi connectivity index (χ3n) is 7.53. The van der Waals surface area contributed by atoms with E-state index in [1.54, 1.807) is 13.8 Å². The van der Waals surface area contributed by atoms with E-state index in [0.29, 0.717) is 12.5 Å². The number of thioether (sulfide) groups is 2. The third-order valence-corrected chi connectivity index (χ3v) is 9.64. The van der Waals surface area contributed by atoms with Crippen LogP contribution < -0.4 is 54.4 Å². The second-order valence-electron chi connectivity index (χ2n) is 12.4. The number of carbonyl (C=O) groups excluding carboxylic acids is 10. The van der Waals surface area contributed by atoms with Gasteiger partial charge in [0.05, 0.1) is 31.1 Å². The number of nitrogens with two attached hydrogens (primary N) is 3. The fourth-order valence-electron chi connectivity index (χ4n) is 4.63. The molecule has 1 aromatic carbocycles. The molecule has 0 spiro atoms. The van der Waals surface area contributed by atoms with Gasteiger partial charge in [-0.1, -0.05) is 20.3 Å². The molecule has 0 saturated heterocycles. The van der Waals surface area contributed by atoms with Gasteiger partial charge in [0.1, 0.15) is 35.8 Å². The van der Waals surface area contributed by atoms with Gasteiger partial charge >= 0.3 is 0 Å². The molecule has 0 unspecified atom stereocenters. The van der Waals surface area contributed by atoms with E-state index in [1.165, 1.54) is 6.92 Å². The van der Waals surface area contributed by atoms with Gasteiger partial charge in [0.25, 0.3) is 0 Å². The van der Waals surface area contributed by atoms with Crippen LogP contribution in [0.15, 0.2) is 18.2 Å². The molecule has 5 atom stereocenters. The maximum Gasteiger partial charge on any atom is 0.243 e. The number of hydrogen-bond acceptors (Lipinski definition) is 12. The molecule has 0 radical (unpaired) electrons. The number of carbonyl (C=O) groups is 10. The predicted octanol–water partition coefficient (Wildman–Crippen LogP) is -4.22. The minimum Gasteiger partial charge on any atom is -0.369 e. The number of halogens is 2. The maximum atomic E-state index is 13.9. The van der Waals surface area contributed by atoms with Crippen LogP contribution >= 0.6 is 23.5 Å². The van der Waals surface area contributed by atoms with E-state index in [-0.39, 0.29) is 28.6 Å². The Bertz CT molecular complexity index is 1640. The Morgan fingerprint density at radius 1 is 0.632 bits per heavy atom. The molecule has 1 aromatic rings. The van der Waals surface area contributed by atoms with Gasteiger partial charge in [-0.3, -0.25) is 47.9 Å². The zero-order chi connectivity index (χ0) is 43.2. The van der Waals surface area contributed by atoms with E-state index in [0.717, 1.165) is 35.7 Å². The summed E-state index contributed by atoms with van der Waals surface area (Å²) in [5.74, 6) is -10.8. The molecular formula is C33H48F2N10O10S2. The van der Waals surface area contributed by atoms with Crippen LogP contribution in [0.25, 0.3) is 0 Å². The second kappa shape index (κ2) is 25.6. The van der Waals surface area contributed by atoms with E-state index in [4.69, 9.17) is 17.2 Å². The Morgan fingerprint density at radius 2 is 1.07 bits per heavy atom. The topological polar surface area (TPSA) is 333 Å². The molecule has 20 nitrogen and oxygen atoms in total. The fraction of sp³-hybridized carbons (Fsp3) is 0.515. The van der Waals surface area contributed by atoms with E-state index >= 15 is 0 Å². The lowest BCUT2D eigenvalue weighted by Gasteiger charge is -2.24. The van der Waals surface area contributed by atoms with Crippen molar-refractivity contribution < 1.29 is 56.7 Å². The monoisotopic (exact) mass is 846 g/mol. The van der Waals surface area contributed by atoms with Crippen molar-refractivity contribution in [2.45, 2.75) is 57.8 Å². The first-order chi connectivity index (χ1) is 26.7. The SMILES string of the molecule is CC[C@H](C)[C@H](NC(=O)CNC(=O)[C@H](CSCC(N)=O)NC(C)=O)C(=O)NCC(=O)N[C@@H](Cc1cc(F)cc(F)c1)C(=O)NCC(=O)N[C@@H](CSCC(N)=O)C(N)=O. The van der Waals surface area contributed by atoms with Gasteiger partial charge in [-0.05, 0) is 23.6 Å². The maximum absolute atomic E-state index is 13.9.